The Balaban J connectivity index is 2.83. The fourth-order valence-corrected chi connectivity index (χ4v) is 3.08. The summed E-state index contributed by atoms with van der Waals surface area (Å²) in [6, 6.07) is -0.980. The molecule has 1 aliphatic heterocycles. The summed E-state index contributed by atoms with van der Waals surface area (Å²) < 4.78 is 37.3. The second-order valence-electron chi connectivity index (χ2n) is 7.08. The van der Waals surface area contributed by atoms with Crippen molar-refractivity contribution in [3.8, 4) is 0 Å². The van der Waals surface area contributed by atoms with Crippen molar-refractivity contribution < 1.29 is 36.5 Å². The lowest BCUT2D eigenvalue weighted by Crippen LogP contribution is -2.47. The molecular weight excluding hydrogens is 368 g/mol. The van der Waals surface area contributed by atoms with Crippen LogP contribution in [0.2, 0.25) is 0 Å². The molecule has 2 atom stereocenters. The summed E-state index contributed by atoms with van der Waals surface area (Å²) in [4.78, 5) is 38.7. The maximum Gasteiger partial charge on any atom is 0.410 e. The molecule has 26 heavy (non-hydrogen) atoms. The van der Waals surface area contributed by atoms with Gasteiger partial charge in [-0.15, -0.1) is 0 Å². The molecular formula is C15H26N2O8S. The number of amides is 2. The first-order valence-corrected chi connectivity index (χ1v) is 9.75. The third-order valence-corrected chi connectivity index (χ3v) is 4.07. The summed E-state index contributed by atoms with van der Waals surface area (Å²) in [6.45, 7) is 4.64. The van der Waals surface area contributed by atoms with Crippen LogP contribution >= 0.6 is 0 Å². The predicted octanol–water partition coefficient (Wildman–Crippen LogP) is -0.0280. The van der Waals surface area contributed by atoms with Crippen molar-refractivity contribution in [2.45, 2.75) is 44.9 Å². The molecule has 1 heterocycles. The number of ether oxygens (including phenoxy) is 2. The van der Waals surface area contributed by atoms with Gasteiger partial charge in [-0.25, -0.2) is 9.59 Å². The van der Waals surface area contributed by atoms with Crippen LogP contribution in [0.3, 0.4) is 0 Å². The average Bonchev–Trinajstić information content (AvgIpc) is 2.86. The zero-order valence-electron chi connectivity index (χ0n) is 15.8. The van der Waals surface area contributed by atoms with Crippen LogP contribution in [0.1, 0.15) is 27.2 Å². The van der Waals surface area contributed by atoms with Crippen LogP contribution < -0.4 is 0 Å². The molecule has 0 radical (unpaired) electrons. The van der Waals surface area contributed by atoms with Crippen LogP contribution in [0, 0.1) is 0 Å². The van der Waals surface area contributed by atoms with Crippen LogP contribution in [0.15, 0.2) is 0 Å². The highest BCUT2D eigenvalue weighted by Gasteiger charge is 2.42. The van der Waals surface area contributed by atoms with E-state index in [4.69, 9.17) is 8.92 Å². The largest absolute Gasteiger partial charge is 0.467 e. The molecule has 1 rings (SSSR count). The molecule has 10 nitrogen and oxygen atoms in total. The fraction of sp³-hybridized carbons (Fsp3) is 0.800. The Labute approximate surface area is 153 Å². The van der Waals surface area contributed by atoms with Gasteiger partial charge in [0.05, 0.1) is 19.5 Å². The smallest absolute Gasteiger partial charge is 0.410 e. The van der Waals surface area contributed by atoms with E-state index in [0.29, 0.717) is 0 Å². The predicted molar refractivity (Wildman–Crippen MR) is 90.7 cm³/mol. The standard InChI is InChI=1S/C15H26N2O8S/c1-15(2,3)24-14(20)16(4)9-12(18)17-8-10(25-26(6,21)22)7-11(17)13(19)23-5/h10-11H,7-9H2,1-6H3/t10?,11-/m0/s1. The molecule has 0 N–H and O–H groups in total. The summed E-state index contributed by atoms with van der Waals surface area (Å²) in [7, 11) is -1.19. The third-order valence-electron chi connectivity index (χ3n) is 3.44. The molecule has 1 aliphatic rings. The van der Waals surface area contributed by atoms with Crippen molar-refractivity contribution in [1.82, 2.24) is 9.80 Å². The Hall–Kier alpha value is -1.88. The topological polar surface area (TPSA) is 120 Å². The first kappa shape index (κ1) is 22.2. The second-order valence-corrected chi connectivity index (χ2v) is 8.68. The van der Waals surface area contributed by atoms with Crippen LogP contribution in [-0.4, -0.2) is 87.4 Å². The highest BCUT2D eigenvalue weighted by Crippen LogP contribution is 2.23. The number of nitrogens with zero attached hydrogens (tertiary/aromatic N) is 2. The monoisotopic (exact) mass is 394 g/mol. The molecule has 0 bridgehead atoms. The van der Waals surface area contributed by atoms with E-state index >= 15 is 0 Å². The number of likely N-dealkylation sites (tertiary alicyclic amines) is 1. The Morgan fingerprint density at radius 1 is 1.23 bits per heavy atom. The number of esters is 1. The van der Waals surface area contributed by atoms with Gasteiger partial charge in [-0.1, -0.05) is 0 Å². The molecule has 0 spiro atoms. The van der Waals surface area contributed by atoms with Gasteiger partial charge >= 0.3 is 12.1 Å². The van der Waals surface area contributed by atoms with Gasteiger partial charge in [0, 0.05) is 20.0 Å². The molecule has 0 aliphatic carbocycles. The van der Waals surface area contributed by atoms with Gasteiger partial charge in [-0.3, -0.25) is 8.98 Å². The SMILES string of the molecule is COC(=O)[C@@H]1CC(OS(C)(=O)=O)CN1C(=O)CN(C)C(=O)OC(C)(C)C. The average molecular weight is 394 g/mol. The number of likely N-dealkylation sites (N-methyl/N-ethyl adjacent to an activating group) is 1. The lowest BCUT2D eigenvalue weighted by Gasteiger charge is -2.27. The highest BCUT2D eigenvalue weighted by atomic mass is 32.2. The molecule has 1 fully saturated rings. The Morgan fingerprint density at radius 3 is 2.27 bits per heavy atom. The zero-order valence-corrected chi connectivity index (χ0v) is 16.7. The highest BCUT2D eigenvalue weighted by molar-refractivity contribution is 7.86. The second kappa shape index (κ2) is 8.21. The molecule has 11 heteroatoms. The van der Waals surface area contributed by atoms with Crippen LogP contribution in [0.25, 0.3) is 0 Å². The van der Waals surface area contributed by atoms with Gasteiger partial charge in [0.2, 0.25) is 5.91 Å². The van der Waals surface area contributed by atoms with E-state index in [1.54, 1.807) is 20.8 Å². The number of hydrogen-bond acceptors (Lipinski definition) is 8. The number of rotatable bonds is 5. The van der Waals surface area contributed by atoms with E-state index in [2.05, 4.69) is 4.74 Å². The number of carbonyl (C=O) groups is 3. The number of hydrogen-bond donors (Lipinski definition) is 0. The maximum atomic E-state index is 12.5. The minimum absolute atomic E-state index is 0.0123. The molecule has 0 aromatic heterocycles. The quantitative estimate of drug-likeness (QED) is 0.471. The van der Waals surface area contributed by atoms with Gasteiger partial charge < -0.3 is 19.3 Å². The minimum atomic E-state index is -3.74. The van der Waals surface area contributed by atoms with E-state index in [-0.39, 0.29) is 19.5 Å². The van der Waals surface area contributed by atoms with Crippen molar-refractivity contribution in [1.29, 1.82) is 0 Å². The number of carbonyl (C=O) groups excluding carboxylic acids is 3. The molecule has 1 unspecified atom stereocenters. The summed E-state index contributed by atoms with van der Waals surface area (Å²) in [6.07, 6.45) is -0.670. The Morgan fingerprint density at radius 2 is 1.81 bits per heavy atom. The summed E-state index contributed by atoms with van der Waals surface area (Å²) in [5.41, 5.74) is -0.717. The first-order valence-electron chi connectivity index (χ1n) is 7.93. The Bertz CT molecular complexity index is 655. The molecule has 2 amide bonds. The van der Waals surface area contributed by atoms with E-state index in [1.807, 2.05) is 0 Å². The molecule has 1 saturated heterocycles. The van der Waals surface area contributed by atoms with Gasteiger partial charge in [0.15, 0.2) is 0 Å². The first-order chi connectivity index (χ1) is 11.7. The van der Waals surface area contributed by atoms with Gasteiger partial charge in [0.1, 0.15) is 18.2 Å². The minimum Gasteiger partial charge on any atom is -0.467 e. The fourth-order valence-electron chi connectivity index (χ4n) is 2.45. The summed E-state index contributed by atoms with van der Waals surface area (Å²) >= 11 is 0. The van der Waals surface area contributed by atoms with Gasteiger partial charge in [0.25, 0.3) is 10.1 Å². The van der Waals surface area contributed by atoms with Crippen molar-refractivity contribution in [2.24, 2.45) is 0 Å². The molecule has 150 valence electrons. The van der Waals surface area contributed by atoms with Crippen LogP contribution in [-0.2, 0) is 33.4 Å². The lowest BCUT2D eigenvalue weighted by atomic mass is 10.2. The Kier molecular flexibility index (Phi) is 7.00. The van der Waals surface area contributed by atoms with E-state index in [1.165, 1.54) is 14.2 Å². The van der Waals surface area contributed by atoms with Crippen molar-refractivity contribution >= 4 is 28.1 Å². The van der Waals surface area contributed by atoms with E-state index in [9.17, 15) is 22.8 Å². The zero-order chi connectivity index (χ0) is 20.3. The summed E-state index contributed by atoms with van der Waals surface area (Å²) in [5, 5.41) is 0. The lowest BCUT2D eigenvalue weighted by molar-refractivity contribution is -0.151. The van der Waals surface area contributed by atoms with E-state index in [0.717, 1.165) is 16.1 Å². The number of methoxy groups -OCH3 is 1. The van der Waals surface area contributed by atoms with Crippen LogP contribution in [0.4, 0.5) is 4.79 Å². The molecule has 0 saturated carbocycles. The van der Waals surface area contributed by atoms with Gasteiger partial charge in [-0.2, -0.15) is 8.42 Å². The van der Waals surface area contributed by atoms with Gasteiger partial charge in [-0.05, 0) is 20.8 Å². The maximum absolute atomic E-state index is 12.5. The van der Waals surface area contributed by atoms with Crippen molar-refractivity contribution in [3.05, 3.63) is 0 Å². The molecule has 0 aromatic rings. The van der Waals surface area contributed by atoms with E-state index < -0.39 is 45.8 Å². The summed E-state index contributed by atoms with van der Waals surface area (Å²) in [5.74, 6) is -1.23. The normalized spacial score (nSPS) is 20.6. The van der Waals surface area contributed by atoms with Crippen molar-refractivity contribution in [2.75, 3.05) is 33.5 Å². The third kappa shape index (κ3) is 6.79. The molecule has 0 aromatic carbocycles. The van der Waals surface area contributed by atoms with Crippen LogP contribution in [0.5, 0.6) is 0 Å². The van der Waals surface area contributed by atoms with Crippen molar-refractivity contribution in [3.63, 3.8) is 0 Å².